The summed E-state index contributed by atoms with van der Waals surface area (Å²) in [6.07, 6.45) is 0. The normalized spacial score (nSPS) is 11.1. The van der Waals surface area contributed by atoms with Crippen molar-refractivity contribution >= 4 is 10.8 Å². The van der Waals surface area contributed by atoms with Gasteiger partial charge in [-0.05, 0) is 40.8 Å². The van der Waals surface area contributed by atoms with Crippen LogP contribution in [0.4, 0.5) is 0 Å². The predicted octanol–water partition coefficient (Wildman–Crippen LogP) is 9.41. The molecule has 0 saturated carbocycles. The van der Waals surface area contributed by atoms with Crippen LogP contribution in [0.2, 0.25) is 0 Å². The van der Waals surface area contributed by atoms with Gasteiger partial charge in [-0.1, -0.05) is 121 Å². The minimum Gasteiger partial charge on any atom is -0.455 e. The third kappa shape index (κ3) is 3.52. The molecule has 6 aromatic rings. The molecule has 0 bridgehead atoms. The van der Waals surface area contributed by atoms with E-state index in [2.05, 4.69) is 128 Å². The van der Waals surface area contributed by atoms with Gasteiger partial charge >= 0.3 is 0 Å². The first kappa shape index (κ1) is 20.3. The highest BCUT2D eigenvalue weighted by atomic mass is 16.3. The Morgan fingerprint density at radius 3 is 1.74 bits per heavy atom. The number of hydrogen-bond donors (Lipinski definition) is 0. The lowest BCUT2D eigenvalue weighted by atomic mass is 9.93. The summed E-state index contributed by atoms with van der Waals surface area (Å²) in [4.78, 5) is 0. The molecule has 162 valence electrons. The molecule has 0 atom stereocenters. The van der Waals surface area contributed by atoms with Gasteiger partial charge in [0, 0.05) is 21.9 Å². The predicted molar refractivity (Wildman–Crippen MR) is 143 cm³/mol. The highest BCUT2D eigenvalue weighted by molar-refractivity contribution is 6.05. The van der Waals surface area contributed by atoms with Crippen molar-refractivity contribution in [2.75, 3.05) is 0 Å². The van der Waals surface area contributed by atoms with E-state index in [1.807, 2.05) is 6.07 Å². The van der Waals surface area contributed by atoms with Crippen LogP contribution in [0, 0.1) is 6.92 Å². The molecule has 1 heterocycles. The summed E-state index contributed by atoms with van der Waals surface area (Å²) in [6.45, 7) is 2.16. The summed E-state index contributed by atoms with van der Waals surface area (Å²) >= 11 is 0. The Labute approximate surface area is 200 Å². The fourth-order valence-electron chi connectivity index (χ4n) is 4.79. The molecule has 0 N–H and O–H groups in total. The van der Waals surface area contributed by atoms with E-state index in [0.717, 1.165) is 33.4 Å². The summed E-state index contributed by atoms with van der Waals surface area (Å²) in [7, 11) is 0. The Hall–Kier alpha value is -4.36. The Kier molecular flexibility index (Phi) is 5.08. The maximum atomic E-state index is 6.77. The highest BCUT2D eigenvalue weighted by Crippen LogP contribution is 2.44. The molecule has 0 aliphatic heterocycles. The number of rotatable bonds is 4. The number of benzene rings is 5. The van der Waals surface area contributed by atoms with E-state index in [4.69, 9.17) is 4.42 Å². The van der Waals surface area contributed by atoms with Crippen molar-refractivity contribution in [3.8, 4) is 44.9 Å². The summed E-state index contributed by atoms with van der Waals surface area (Å²) in [5.41, 5.74) is 8.19. The van der Waals surface area contributed by atoms with Crippen LogP contribution in [0.25, 0.3) is 55.7 Å². The van der Waals surface area contributed by atoms with Crippen LogP contribution < -0.4 is 0 Å². The molecular weight excluding hydrogens is 412 g/mol. The van der Waals surface area contributed by atoms with Crippen LogP contribution in [0.15, 0.2) is 132 Å². The molecule has 1 aromatic heterocycles. The van der Waals surface area contributed by atoms with Gasteiger partial charge in [0.05, 0.1) is 0 Å². The topological polar surface area (TPSA) is 13.1 Å². The number of furan rings is 1. The number of fused-ring (bicyclic) bond motifs is 1. The molecule has 0 amide bonds. The first-order valence-corrected chi connectivity index (χ1v) is 11.6. The van der Waals surface area contributed by atoms with Crippen molar-refractivity contribution < 1.29 is 4.42 Å². The number of hydrogen-bond acceptors (Lipinski definition) is 1. The largest absolute Gasteiger partial charge is 0.455 e. The standard InChI is InChI=1S/C33H24O/c1-23-12-10-21-28(25-15-6-3-7-16-25)31(23)33-30-20-9-8-19-29(30)32(34-33)27-18-11-17-26(22-27)24-13-4-2-5-14-24/h2-22H,1H3. The first-order chi connectivity index (χ1) is 16.8. The summed E-state index contributed by atoms with van der Waals surface area (Å²) in [5.74, 6) is 1.83. The lowest BCUT2D eigenvalue weighted by molar-refractivity contribution is 0.602. The molecule has 0 aliphatic rings. The van der Waals surface area contributed by atoms with Crippen molar-refractivity contribution in [3.05, 3.63) is 133 Å². The van der Waals surface area contributed by atoms with Gasteiger partial charge in [0.25, 0.3) is 0 Å². The van der Waals surface area contributed by atoms with Crippen LogP contribution in [0.5, 0.6) is 0 Å². The molecule has 1 heteroatoms. The van der Waals surface area contributed by atoms with Crippen LogP contribution in [0.1, 0.15) is 5.56 Å². The fourth-order valence-corrected chi connectivity index (χ4v) is 4.79. The molecule has 34 heavy (non-hydrogen) atoms. The van der Waals surface area contributed by atoms with E-state index in [-0.39, 0.29) is 0 Å². The van der Waals surface area contributed by atoms with E-state index in [1.54, 1.807) is 0 Å². The smallest absolute Gasteiger partial charge is 0.143 e. The van der Waals surface area contributed by atoms with Gasteiger partial charge in [-0.15, -0.1) is 0 Å². The van der Waals surface area contributed by atoms with Crippen LogP contribution >= 0.6 is 0 Å². The average molecular weight is 437 g/mol. The lowest BCUT2D eigenvalue weighted by Gasteiger charge is -2.12. The van der Waals surface area contributed by atoms with Crippen LogP contribution in [-0.4, -0.2) is 0 Å². The lowest BCUT2D eigenvalue weighted by Crippen LogP contribution is -1.88. The van der Waals surface area contributed by atoms with Gasteiger partial charge in [0.15, 0.2) is 0 Å². The van der Waals surface area contributed by atoms with E-state index < -0.39 is 0 Å². The molecule has 1 nitrogen and oxygen atoms in total. The second kappa shape index (κ2) is 8.53. The van der Waals surface area contributed by atoms with Crippen molar-refractivity contribution in [1.82, 2.24) is 0 Å². The molecule has 0 aliphatic carbocycles. The Morgan fingerprint density at radius 1 is 0.441 bits per heavy atom. The van der Waals surface area contributed by atoms with Gasteiger partial charge in [0.2, 0.25) is 0 Å². The third-order valence-electron chi connectivity index (χ3n) is 6.44. The number of aryl methyl sites for hydroxylation is 1. The molecule has 0 radical (unpaired) electrons. The van der Waals surface area contributed by atoms with Crippen LogP contribution in [0.3, 0.4) is 0 Å². The summed E-state index contributed by atoms with van der Waals surface area (Å²) in [6, 6.07) is 44.6. The Balaban J connectivity index is 1.58. The quantitative estimate of drug-likeness (QED) is 0.268. The van der Waals surface area contributed by atoms with Gasteiger partial charge in [-0.25, -0.2) is 0 Å². The van der Waals surface area contributed by atoms with Gasteiger partial charge in [-0.2, -0.15) is 0 Å². The average Bonchev–Trinajstić information content (AvgIpc) is 3.29. The Bertz CT molecular complexity index is 1590. The molecule has 6 rings (SSSR count). The van der Waals surface area contributed by atoms with E-state index >= 15 is 0 Å². The zero-order valence-corrected chi connectivity index (χ0v) is 19.0. The highest BCUT2D eigenvalue weighted by Gasteiger charge is 2.20. The third-order valence-corrected chi connectivity index (χ3v) is 6.44. The summed E-state index contributed by atoms with van der Waals surface area (Å²) in [5, 5.41) is 2.26. The Morgan fingerprint density at radius 2 is 1.00 bits per heavy atom. The minimum atomic E-state index is 0.908. The van der Waals surface area contributed by atoms with Gasteiger partial charge in [0.1, 0.15) is 11.5 Å². The zero-order chi connectivity index (χ0) is 22.9. The van der Waals surface area contributed by atoms with E-state index in [0.29, 0.717) is 0 Å². The second-order valence-electron chi connectivity index (χ2n) is 8.62. The fraction of sp³-hybridized carbons (Fsp3) is 0.0303. The van der Waals surface area contributed by atoms with Crippen molar-refractivity contribution in [1.29, 1.82) is 0 Å². The van der Waals surface area contributed by atoms with E-state index in [1.165, 1.54) is 27.8 Å². The second-order valence-corrected chi connectivity index (χ2v) is 8.62. The minimum absolute atomic E-state index is 0.908. The molecule has 0 unspecified atom stereocenters. The summed E-state index contributed by atoms with van der Waals surface area (Å²) < 4.78 is 6.77. The maximum Gasteiger partial charge on any atom is 0.143 e. The molecule has 0 saturated heterocycles. The van der Waals surface area contributed by atoms with Crippen molar-refractivity contribution in [3.63, 3.8) is 0 Å². The van der Waals surface area contributed by atoms with E-state index in [9.17, 15) is 0 Å². The first-order valence-electron chi connectivity index (χ1n) is 11.6. The molecule has 5 aromatic carbocycles. The van der Waals surface area contributed by atoms with Gasteiger partial charge < -0.3 is 4.42 Å². The molecule has 0 fully saturated rings. The van der Waals surface area contributed by atoms with Crippen LogP contribution in [-0.2, 0) is 0 Å². The maximum absolute atomic E-state index is 6.77. The van der Waals surface area contributed by atoms with Crippen molar-refractivity contribution in [2.45, 2.75) is 6.92 Å². The van der Waals surface area contributed by atoms with Gasteiger partial charge in [-0.3, -0.25) is 0 Å². The molecular formula is C33H24O. The molecule has 0 spiro atoms. The van der Waals surface area contributed by atoms with Crippen molar-refractivity contribution in [2.24, 2.45) is 0 Å². The zero-order valence-electron chi connectivity index (χ0n) is 19.0. The SMILES string of the molecule is Cc1cccc(-c2ccccc2)c1-c1oc(-c2cccc(-c3ccccc3)c2)c2ccccc12. The monoisotopic (exact) mass is 436 g/mol.